The van der Waals surface area contributed by atoms with Crippen molar-refractivity contribution in [3.8, 4) is 5.75 Å². The highest BCUT2D eigenvalue weighted by Crippen LogP contribution is 2.32. The minimum Gasteiger partial charge on any atom is -0.496 e. The van der Waals surface area contributed by atoms with Gasteiger partial charge in [0.05, 0.1) is 12.5 Å². The fourth-order valence-corrected chi connectivity index (χ4v) is 2.61. The normalized spacial score (nSPS) is 11.0. The minimum absolute atomic E-state index is 0.0753. The Morgan fingerprint density at radius 2 is 1.57 bits per heavy atom. The van der Waals surface area contributed by atoms with E-state index in [4.69, 9.17) is 9.15 Å². The summed E-state index contributed by atoms with van der Waals surface area (Å²) in [4.78, 5) is 16.8. The average Bonchev–Trinajstić information content (AvgIpc) is 2.53. The van der Waals surface area contributed by atoms with E-state index >= 15 is 0 Å². The van der Waals surface area contributed by atoms with Gasteiger partial charge in [-0.1, -0.05) is 0 Å². The van der Waals surface area contributed by atoms with Gasteiger partial charge in [0.15, 0.2) is 0 Å². The van der Waals surface area contributed by atoms with Crippen LogP contribution in [0, 0.1) is 0 Å². The third-order valence-corrected chi connectivity index (χ3v) is 3.96. The van der Waals surface area contributed by atoms with Gasteiger partial charge in [0.1, 0.15) is 22.3 Å². The number of methoxy groups -OCH3 is 1. The molecule has 0 unspecified atom stereocenters. The smallest absolute Gasteiger partial charge is 0.204 e. The van der Waals surface area contributed by atoms with Crippen LogP contribution in [0.1, 0.15) is 0 Å². The monoisotopic (exact) mass is 312 g/mol. The molecule has 0 aliphatic rings. The number of nitrogens with zero attached hydrogens (tertiary/aromatic N) is 2. The summed E-state index contributed by atoms with van der Waals surface area (Å²) < 4.78 is 11.4. The lowest BCUT2D eigenvalue weighted by Crippen LogP contribution is -2.11. The summed E-state index contributed by atoms with van der Waals surface area (Å²) in [5.41, 5.74) is 2.93. The van der Waals surface area contributed by atoms with Gasteiger partial charge < -0.3 is 19.0 Å². The highest BCUT2D eigenvalue weighted by Gasteiger charge is 2.15. The molecule has 2 aromatic carbocycles. The standard InChI is InChI=1S/C18H20N2O3/c1-19(2)11-6-7-13-14(8-11)23-16-10-12(20(3)4)9-15(22-5)17(16)18(13)21/h6-10H,1-5H3. The summed E-state index contributed by atoms with van der Waals surface area (Å²) >= 11 is 0. The Balaban J connectivity index is 2.42. The zero-order valence-electron chi connectivity index (χ0n) is 14.0. The Labute approximate surface area is 134 Å². The van der Waals surface area contributed by atoms with Crippen molar-refractivity contribution in [2.24, 2.45) is 0 Å². The minimum atomic E-state index is -0.0753. The Kier molecular flexibility index (Phi) is 3.64. The summed E-state index contributed by atoms with van der Waals surface area (Å²) in [5, 5.41) is 1.03. The topological polar surface area (TPSA) is 45.9 Å². The van der Waals surface area contributed by atoms with Gasteiger partial charge >= 0.3 is 0 Å². The Bertz CT molecular complexity index is 942. The van der Waals surface area contributed by atoms with Crippen molar-refractivity contribution in [3.63, 3.8) is 0 Å². The molecule has 0 bridgehead atoms. The maximum Gasteiger partial charge on any atom is 0.204 e. The zero-order chi connectivity index (χ0) is 16.7. The number of ether oxygens (including phenoxy) is 1. The molecule has 1 aromatic heterocycles. The van der Waals surface area contributed by atoms with E-state index in [2.05, 4.69) is 0 Å². The lowest BCUT2D eigenvalue weighted by Gasteiger charge is -2.16. The van der Waals surface area contributed by atoms with Gasteiger partial charge in [0.2, 0.25) is 5.43 Å². The van der Waals surface area contributed by atoms with Crippen molar-refractivity contribution < 1.29 is 9.15 Å². The van der Waals surface area contributed by atoms with Crippen molar-refractivity contribution in [1.82, 2.24) is 0 Å². The second-order valence-electron chi connectivity index (χ2n) is 5.92. The van der Waals surface area contributed by atoms with Crippen LogP contribution in [0.15, 0.2) is 39.5 Å². The Morgan fingerprint density at radius 1 is 0.913 bits per heavy atom. The molecule has 5 nitrogen and oxygen atoms in total. The van der Waals surface area contributed by atoms with Gasteiger partial charge in [-0.05, 0) is 12.1 Å². The molecular weight excluding hydrogens is 292 g/mol. The van der Waals surface area contributed by atoms with Crippen molar-refractivity contribution in [1.29, 1.82) is 0 Å². The third-order valence-electron chi connectivity index (χ3n) is 3.96. The first kappa shape index (κ1) is 15.2. The molecule has 3 aromatic rings. The molecule has 1 heterocycles. The predicted octanol–water partition coefficient (Wildman–Crippen LogP) is 3.09. The summed E-state index contributed by atoms with van der Waals surface area (Å²) in [6.45, 7) is 0. The first-order valence-electron chi connectivity index (χ1n) is 7.35. The first-order valence-corrected chi connectivity index (χ1v) is 7.35. The predicted molar refractivity (Wildman–Crippen MR) is 95.2 cm³/mol. The van der Waals surface area contributed by atoms with E-state index in [1.165, 1.54) is 0 Å². The van der Waals surface area contributed by atoms with Crippen LogP contribution in [0.3, 0.4) is 0 Å². The number of hydrogen-bond donors (Lipinski definition) is 0. The van der Waals surface area contributed by atoms with Crippen LogP contribution in [0.5, 0.6) is 5.75 Å². The van der Waals surface area contributed by atoms with Crippen LogP contribution < -0.4 is 20.0 Å². The molecule has 0 saturated heterocycles. The molecule has 0 N–H and O–H groups in total. The quantitative estimate of drug-likeness (QED) is 0.696. The van der Waals surface area contributed by atoms with Crippen molar-refractivity contribution in [2.75, 3.05) is 45.1 Å². The molecule has 0 amide bonds. The van der Waals surface area contributed by atoms with Crippen molar-refractivity contribution >= 4 is 33.3 Å². The van der Waals surface area contributed by atoms with E-state index in [0.29, 0.717) is 27.7 Å². The fraction of sp³-hybridized carbons (Fsp3) is 0.278. The number of benzene rings is 2. The lowest BCUT2D eigenvalue weighted by atomic mass is 10.1. The van der Waals surface area contributed by atoms with E-state index in [0.717, 1.165) is 11.4 Å². The fourth-order valence-electron chi connectivity index (χ4n) is 2.61. The molecule has 0 spiro atoms. The lowest BCUT2D eigenvalue weighted by molar-refractivity contribution is 0.419. The molecule has 0 aliphatic carbocycles. The highest BCUT2D eigenvalue weighted by molar-refractivity contribution is 5.95. The SMILES string of the molecule is COc1cc(N(C)C)cc2oc3cc(N(C)C)ccc3c(=O)c12. The second-order valence-corrected chi connectivity index (χ2v) is 5.92. The Morgan fingerprint density at radius 3 is 2.17 bits per heavy atom. The molecule has 120 valence electrons. The van der Waals surface area contributed by atoms with Gasteiger partial charge in [-0.3, -0.25) is 4.79 Å². The molecule has 0 aliphatic heterocycles. The summed E-state index contributed by atoms with van der Waals surface area (Å²) in [6.07, 6.45) is 0. The van der Waals surface area contributed by atoms with Crippen LogP contribution in [0.4, 0.5) is 11.4 Å². The number of anilines is 2. The Hall–Kier alpha value is -2.69. The van der Waals surface area contributed by atoms with Gasteiger partial charge in [-0.15, -0.1) is 0 Å². The van der Waals surface area contributed by atoms with Gasteiger partial charge in [-0.2, -0.15) is 0 Å². The molecule has 0 radical (unpaired) electrons. The number of rotatable bonds is 3. The van der Waals surface area contributed by atoms with Gasteiger partial charge in [0.25, 0.3) is 0 Å². The molecule has 0 fully saturated rings. The molecule has 23 heavy (non-hydrogen) atoms. The van der Waals surface area contributed by atoms with Crippen molar-refractivity contribution in [2.45, 2.75) is 0 Å². The maximum absolute atomic E-state index is 12.9. The molecule has 0 atom stereocenters. The van der Waals surface area contributed by atoms with E-state index in [9.17, 15) is 4.79 Å². The van der Waals surface area contributed by atoms with Gasteiger partial charge in [0, 0.05) is 57.8 Å². The van der Waals surface area contributed by atoms with Gasteiger partial charge in [-0.25, -0.2) is 0 Å². The molecule has 0 saturated carbocycles. The molecular formula is C18H20N2O3. The van der Waals surface area contributed by atoms with E-state index in [-0.39, 0.29) is 5.43 Å². The van der Waals surface area contributed by atoms with Crippen LogP contribution in [0.25, 0.3) is 21.9 Å². The van der Waals surface area contributed by atoms with Crippen LogP contribution in [0.2, 0.25) is 0 Å². The average molecular weight is 312 g/mol. The summed E-state index contributed by atoms with van der Waals surface area (Å²) in [7, 11) is 9.34. The van der Waals surface area contributed by atoms with Crippen LogP contribution in [-0.2, 0) is 0 Å². The van der Waals surface area contributed by atoms with E-state index in [1.54, 1.807) is 13.2 Å². The number of hydrogen-bond acceptors (Lipinski definition) is 5. The van der Waals surface area contributed by atoms with Crippen molar-refractivity contribution in [3.05, 3.63) is 40.6 Å². The van der Waals surface area contributed by atoms with Crippen LogP contribution >= 0.6 is 0 Å². The first-order chi connectivity index (χ1) is 10.9. The van der Waals surface area contributed by atoms with E-state index in [1.807, 2.05) is 62.3 Å². The third kappa shape index (κ3) is 2.48. The molecule has 5 heteroatoms. The molecule has 3 rings (SSSR count). The number of fused-ring (bicyclic) bond motifs is 2. The largest absolute Gasteiger partial charge is 0.496 e. The summed E-state index contributed by atoms with van der Waals surface area (Å²) in [6, 6.07) is 9.30. The highest BCUT2D eigenvalue weighted by atomic mass is 16.5. The maximum atomic E-state index is 12.9. The zero-order valence-corrected chi connectivity index (χ0v) is 14.0. The van der Waals surface area contributed by atoms with E-state index < -0.39 is 0 Å². The van der Waals surface area contributed by atoms with Crippen LogP contribution in [-0.4, -0.2) is 35.3 Å². The summed E-state index contributed by atoms with van der Waals surface area (Å²) in [5.74, 6) is 0.526. The second kappa shape index (κ2) is 5.50.